The molecular weight excluding hydrogens is 180 g/mol. The molecule has 5 heteroatoms. The summed E-state index contributed by atoms with van der Waals surface area (Å²) in [5.74, 6) is 0.644. The second-order valence-electron chi connectivity index (χ2n) is 3.01. The molecule has 0 bridgehead atoms. The van der Waals surface area contributed by atoms with E-state index in [0.717, 1.165) is 0 Å². The third-order valence-electron chi connectivity index (χ3n) is 2.04. The third kappa shape index (κ3) is 2.18. The second-order valence-corrected chi connectivity index (χ2v) is 3.01. The molecule has 0 aliphatic carbocycles. The number of aliphatic hydroxyl groups is 1. The molecule has 0 fully saturated rings. The summed E-state index contributed by atoms with van der Waals surface area (Å²) in [5.41, 5.74) is 0.291. The van der Waals surface area contributed by atoms with Crippen LogP contribution in [0.4, 0.5) is 5.82 Å². The lowest BCUT2D eigenvalue weighted by molar-refractivity contribution is 0.269. The Morgan fingerprint density at radius 3 is 2.71 bits per heavy atom. The van der Waals surface area contributed by atoms with Crippen molar-refractivity contribution in [2.24, 2.45) is 0 Å². The Morgan fingerprint density at radius 1 is 1.57 bits per heavy atom. The van der Waals surface area contributed by atoms with Gasteiger partial charge in [0.05, 0.1) is 25.0 Å². The summed E-state index contributed by atoms with van der Waals surface area (Å²) in [4.78, 5) is 9.74. The highest BCUT2D eigenvalue weighted by Gasteiger charge is 2.09. The van der Waals surface area contributed by atoms with Crippen molar-refractivity contribution in [3.8, 4) is 6.07 Å². The molecule has 1 atom stereocenters. The molecule has 0 saturated heterocycles. The van der Waals surface area contributed by atoms with Crippen LogP contribution in [-0.2, 0) is 0 Å². The fourth-order valence-electron chi connectivity index (χ4n) is 0.909. The van der Waals surface area contributed by atoms with Crippen LogP contribution < -0.4 is 4.90 Å². The molecule has 5 nitrogen and oxygen atoms in total. The zero-order valence-corrected chi connectivity index (χ0v) is 8.18. The largest absolute Gasteiger partial charge is 0.394 e. The second kappa shape index (κ2) is 4.53. The first kappa shape index (κ1) is 10.4. The molecule has 14 heavy (non-hydrogen) atoms. The Bertz CT molecular complexity index is 330. The van der Waals surface area contributed by atoms with Crippen molar-refractivity contribution >= 4 is 5.82 Å². The Labute approximate surface area is 82.6 Å². The predicted molar refractivity (Wildman–Crippen MR) is 51.7 cm³/mol. The van der Waals surface area contributed by atoms with Gasteiger partial charge in [0, 0.05) is 7.05 Å². The lowest BCUT2D eigenvalue weighted by atomic mass is 10.3. The van der Waals surface area contributed by atoms with E-state index in [2.05, 4.69) is 9.97 Å². The number of rotatable bonds is 3. The van der Waals surface area contributed by atoms with Gasteiger partial charge in [-0.05, 0) is 6.92 Å². The maximum atomic E-state index is 8.93. The number of hydrogen-bond acceptors (Lipinski definition) is 5. The molecule has 1 heterocycles. The number of anilines is 1. The quantitative estimate of drug-likeness (QED) is 0.738. The predicted octanol–water partition coefficient (Wildman–Crippen LogP) is 0.165. The Hall–Kier alpha value is -1.67. The molecule has 0 spiro atoms. The van der Waals surface area contributed by atoms with E-state index in [-0.39, 0.29) is 12.6 Å². The molecule has 0 saturated carbocycles. The van der Waals surface area contributed by atoms with Gasteiger partial charge in [-0.25, -0.2) is 9.97 Å². The van der Waals surface area contributed by atoms with E-state index in [9.17, 15) is 0 Å². The van der Waals surface area contributed by atoms with E-state index in [0.29, 0.717) is 11.5 Å². The Morgan fingerprint density at radius 2 is 2.29 bits per heavy atom. The van der Waals surface area contributed by atoms with Crippen LogP contribution >= 0.6 is 0 Å². The van der Waals surface area contributed by atoms with Crippen LogP contribution in [0.1, 0.15) is 12.6 Å². The molecular formula is C9H12N4O. The van der Waals surface area contributed by atoms with Crippen molar-refractivity contribution in [2.75, 3.05) is 18.6 Å². The van der Waals surface area contributed by atoms with Gasteiger partial charge >= 0.3 is 0 Å². The van der Waals surface area contributed by atoms with E-state index >= 15 is 0 Å². The lowest BCUT2D eigenvalue weighted by Crippen LogP contribution is -2.32. The van der Waals surface area contributed by atoms with E-state index < -0.39 is 0 Å². The van der Waals surface area contributed by atoms with Crippen LogP contribution in [0.25, 0.3) is 0 Å². The number of hydrogen-bond donors (Lipinski definition) is 1. The highest BCUT2D eigenvalue weighted by molar-refractivity contribution is 5.37. The number of aliphatic hydroxyl groups excluding tert-OH is 1. The van der Waals surface area contributed by atoms with Crippen molar-refractivity contribution < 1.29 is 5.11 Å². The summed E-state index contributed by atoms with van der Waals surface area (Å²) in [6, 6.07) is 1.88. The molecule has 0 amide bonds. The fourth-order valence-corrected chi connectivity index (χ4v) is 0.909. The van der Waals surface area contributed by atoms with E-state index in [1.165, 1.54) is 12.4 Å². The summed E-state index contributed by atoms with van der Waals surface area (Å²) < 4.78 is 0. The van der Waals surface area contributed by atoms with Gasteiger partial charge in [0.2, 0.25) is 0 Å². The van der Waals surface area contributed by atoms with Crippen LogP contribution in [0.2, 0.25) is 0 Å². The van der Waals surface area contributed by atoms with Crippen molar-refractivity contribution in [3.63, 3.8) is 0 Å². The monoisotopic (exact) mass is 192 g/mol. The molecule has 1 aromatic heterocycles. The Balaban J connectivity index is 2.82. The molecule has 1 aromatic rings. The number of nitrogens with zero attached hydrogens (tertiary/aromatic N) is 4. The van der Waals surface area contributed by atoms with Gasteiger partial charge in [-0.15, -0.1) is 0 Å². The fraction of sp³-hybridized carbons (Fsp3) is 0.444. The molecule has 0 aliphatic heterocycles. The van der Waals surface area contributed by atoms with Gasteiger partial charge in [0.15, 0.2) is 5.69 Å². The summed E-state index contributed by atoms with van der Waals surface area (Å²) in [6.45, 7) is 1.93. The SMILES string of the molecule is CC(CO)N(C)c1cnc(C#N)cn1. The zero-order chi connectivity index (χ0) is 10.6. The number of likely N-dealkylation sites (N-methyl/N-ethyl adjacent to an activating group) is 1. The summed E-state index contributed by atoms with van der Waals surface area (Å²) in [5, 5.41) is 17.4. The minimum atomic E-state index is -0.0164. The first-order chi connectivity index (χ1) is 6.69. The van der Waals surface area contributed by atoms with Gasteiger partial charge in [0.25, 0.3) is 0 Å². The smallest absolute Gasteiger partial charge is 0.158 e. The van der Waals surface area contributed by atoms with Gasteiger partial charge in [0.1, 0.15) is 11.9 Å². The maximum Gasteiger partial charge on any atom is 0.158 e. The lowest BCUT2D eigenvalue weighted by Gasteiger charge is -2.23. The maximum absolute atomic E-state index is 8.93. The molecule has 1 rings (SSSR count). The average Bonchev–Trinajstić information content (AvgIpc) is 2.27. The van der Waals surface area contributed by atoms with Crippen molar-refractivity contribution in [2.45, 2.75) is 13.0 Å². The summed E-state index contributed by atoms with van der Waals surface area (Å²) in [6.07, 6.45) is 2.93. The minimum absolute atomic E-state index is 0.0164. The zero-order valence-electron chi connectivity index (χ0n) is 8.18. The first-order valence-corrected chi connectivity index (χ1v) is 4.25. The normalized spacial score (nSPS) is 11.9. The van der Waals surface area contributed by atoms with Gasteiger partial charge < -0.3 is 10.0 Å². The van der Waals surface area contributed by atoms with Crippen molar-refractivity contribution in [1.82, 2.24) is 9.97 Å². The van der Waals surface area contributed by atoms with E-state index in [1.54, 1.807) is 4.90 Å². The average molecular weight is 192 g/mol. The van der Waals surface area contributed by atoms with Crippen LogP contribution in [0.3, 0.4) is 0 Å². The van der Waals surface area contributed by atoms with Crippen molar-refractivity contribution in [1.29, 1.82) is 5.26 Å². The summed E-state index contributed by atoms with van der Waals surface area (Å²) in [7, 11) is 1.82. The number of nitriles is 1. The molecule has 1 N–H and O–H groups in total. The third-order valence-corrected chi connectivity index (χ3v) is 2.04. The van der Waals surface area contributed by atoms with Crippen LogP contribution in [0, 0.1) is 11.3 Å². The van der Waals surface area contributed by atoms with E-state index in [4.69, 9.17) is 10.4 Å². The van der Waals surface area contributed by atoms with E-state index in [1.807, 2.05) is 20.0 Å². The van der Waals surface area contributed by atoms with Crippen molar-refractivity contribution in [3.05, 3.63) is 18.1 Å². The highest BCUT2D eigenvalue weighted by atomic mass is 16.3. The molecule has 0 radical (unpaired) electrons. The Kier molecular flexibility index (Phi) is 3.37. The molecule has 74 valence electrons. The van der Waals surface area contributed by atoms with Gasteiger partial charge in [-0.2, -0.15) is 5.26 Å². The topological polar surface area (TPSA) is 73.0 Å². The standard InChI is InChI=1S/C9H12N4O/c1-7(6-14)13(2)9-5-11-8(3-10)4-12-9/h4-5,7,14H,6H2,1-2H3. The van der Waals surface area contributed by atoms with Gasteiger partial charge in [-0.1, -0.05) is 0 Å². The van der Waals surface area contributed by atoms with Crippen LogP contribution in [0.5, 0.6) is 0 Å². The number of aromatic nitrogens is 2. The highest BCUT2D eigenvalue weighted by Crippen LogP contribution is 2.09. The minimum Gasteiger partial charge on any atom is -0.394 e. The van der Waals surface area contributed by atoms with Crippen LogP contribution in [-0.4, -0.2) is 34.8 Å². The van der Waals surface area contributed by atoms with Crippen LogP contribution in [0.15, 0.2) is 12.4 Å². The first-order valence-electron chi connectivity index (χ1n) is 4.25. The summed E-state index contributed by atoms with van der Waals surface area (Å²) >= 11 is 0. The molecule has 1 unspecified atom stereocenters. The van der Waals surface area contributed by atoms with Gasteiger partial charge in [-0.3, -0.25) is 0 Å². The molecule has 0 aliphatic rings. The molecule has 0 aromatic carbocycles.